The van der Waals surface area contributed by atoms with E-state index in [1.807, 2.05) is 54.6 Å². The fraction of sp³-hybridized carbons (Fsp3) is 0.591. The van der Waals surface area contributed by atoms with E-state index in [1.165, 1.54) is 18.2 Å². The van der Waals surface area contributed by atoms with E-state index in [0.29, 0.717) is 51.2 Å². The minimum atomic E-state index is -2.31. The van der Waals surface area contributed by atoms with Gasteiger partial charge in [-0.1, -0.05) is 125 Å². The van der Waals surface area contributed by atoms with E-state index in [0.717, 1.165) is 0 Å². The lowest BCUT2D eigenvalue weighted by Crippen LogP contribution is -2.44. The summed E-state index contributed by atoms with van der Waals surface area (Å²) in [4.78, 5) is 43.5. The van der Waals surface area contributed by atoms with E-state index in [4.69, 9.17) is 40.8 Å². The Hall–Kier alpha value is -4.61. The van der Waals surface area contributed by atoms with Gasteiger partial charge in [-0.15, -0.1) is 0 Å². The molecule has 18 heteroatoms. The highest BCUT2D eigenvalue weighted by atomic mass is 28.4. The van der Waals surface area contributed by atoms with Crippen LogP contribution in [0.1, 0.15) is 172 Å². The maximum absolute atomic E-state index is 14.5. The standard InChI is InChI=1S/C66H108O12Si6/c1-61(2,3)79(19,20)73-52-31-46(32-53(40-52)74-80(21,22)62(4,5)6)43-70-58(67)49-37-50(59(68)71-44-47-33-54(75-81(23,24)63(7,8)9)41-55(34-47)76-82(25,26)64(10,11)12)39-51(38-49)60(69)72-45-48-35-56(77-83(27,28)65(13,14)15)42-57(36-48)78-84(29,30)66(16,17)18/h31-42H,43-45H2,1-30H3. The summed E-state index contributed by atoms with van der Waals surface area (Å²) in [6.07, 6.45) is 0. The summed E-state index contributed by atoms with van der Waals surface area (Å²) in [6, 6.07) is 21.2. The quantitative estimate of drug-likeness (QED) is 0.0446. The van der Waals surface area contributed by atoms with Gasteiger partial charge in [0.25, 0.3) is 0 Å². The van der Waals surface area contributed by atoms with Crippen molar-refractivity contribution in [1.82, 2.24) is 0 Å². The van der Waals surface area contributed by atoms with Crippen molar-refractivity contribution in [2.45, 2.75) is 253 Å². The summed E-state index contributed by atoms with van der Waals surface area (Å²) in [7, 11) is -13.9. The molecule has 0 bridgehead atoms. The van der Waals surface area contributed by atoms with E-state index >= 15 is 0 Å². The normalized spacial score (nSPS) is 13.6. The Morgan fingerprint density at radius 3 is 0.536 bits per heavy atom. The van der Waals surface area contributed by atoms with Crippen molar-refractivity contribution in [1.29, 1.82) is 0 Å². The molecule has 0 saturated heterocycles. The number of esters is 3. The number of rotatable bonds is 21. The van der Waals surface area contributed by atoms with Gasteiger partial charge in [0.05, 0.1) is 16.7 Å². The first-order valence-electron chi connectivity index (χ1n) is 29.8. The van der Waals surface area contributed by atoms with E-state index in [2.05, 4.69) is 203 Å². The Bertz CT molecular complexity index is 2520. The second-order valence-electron chi connectivity index (χ2n) is 32.1. The highest BCUT2D eigenvalue weighted by Crippen LogP contribution is 2.45. The number of hydrogen-bond donors (Lipinski definition) is 0. The van der Waals surface area contributed by atoms with Gasteiger partial charge in [-0.3, -0.25) is 0 Å². The van der Waals surface area contributed by atoms with Gasteiger partial charge in [-0.05, 0) is 180 Å². The van der Waals surface area contributed by atoms with Crippen LogP contribution in [0.15, 0.2) is 72.8 Å². The summed E-state index contributed by atoms with van der Waals surface area (Å²) in [5, 5.41) is -0.516. The third kappa shape index (κ3) is 18.9. The molecule has 0 radical (unpaired) electrons. The third-order valence-corrected chi connectivity index (χ3v) is 44.8. The fourth-order valence-corrected chi connectivity index (χ4v) is 12.9. The van der Waals surface area contributed by atoms with Gasteiger partial charge in [-0.25, -0.2) is 14.4 Å². The molecule has 0 heterocycles. The zero-order valence-corrected chi connectivity index (χ0v) is 63.4. The summed E-state index contributed by atoms with van der Waals surface area (Å²) < 4.78 is 59.1. The van der Waals surface area contributed by atoms with Crippen LogP contribution in [0.2, 0.25) is 109 Å². The maximum atomic E-state index is 14.5. The molecule has 4 rings (SSSR count). The van der Waals surface area contributed by atoms with Gasteiger partial charge in [0, 0.05) is 18.2 Å². The monoisotopic (exact) mass is 1260 g/mol. The van der Waals surface area contributed by atoms with Crippen LogP contribution in [0.4, 0.5) is 0 Å². The molecule has 0 aromatic heterocycles. The summed E-state index contributed by atoms with van der Waals surface area (Å²) in [5.41, 5.74) is 1.80. The molecule has 4 aromatic rings. The molecule has 0 aliphatic rings. The first-order valence-corrected chi connectivity index (χ1v) is 47.2. The molecule has 4 aromatic carbocycles. The Morgan fingerprint density at radius 2 is 0.405 bits per heavy atom. The van der Waals surface area contributed by atoms with Crippen LogP contribution in [0, 0.1) is 0 Å². The van der Waals surface area contributed by atoms with Gasteiger partial charge in [0.2, 0.25) is 49.9 Å². The fourth-order valence-electron chi connectivity index (χ4n) is 6.86. The van der Waals surface area contributed by atoms with E-state index in [9.17, 15) is 14.4 Å². The molecule has 0 saturated carbocycles. The van der Waals surface area contributed by atoms with Crippen molar-refractivity contribution in [3.63, 3.8) is 0 Å². The van der Waals surface area contributed by atoms with Gasteiger partial charge >= 0.3 is 17.9 Å². The lowest BCUT2D eigenvalue weighted by molar-refractivity contribution is 0.0467. The van der Waals surface area contributed by atoms with Crippen molar-refractivity contribution in [3.8, 4) is 34.5 Å². The predicted molar refractivity (Wildman–Crippen MR) is 360 cm³/mol. The third-order valence-electron chi connectivity index (χ3n) is 18.6. The smallest absolute Gasteiger partial charge is 0.338 e. The molecular weight excluding hydrogens is 1150 g/mol. The minimum Gasteiger partial charge on any atom is -0.543 e. The van der Waals surface area contributed by atoms with Crippen LogP contribution in [-0.4, -0.2) is 67.8 Å². The van der Waals surface area contributed by atoms with Crippen LogP contribution in [0.3, 0.4) is 0 Å². The molecule has 0 atom stereocenters. The van der Waals surface area contributed by atoms with Crippen molar-refractivity contribution in [2.75, 3.05) is 0 Å². The topological polar surface area (TPSA) is 134 Å². The molecule has 0 aliphatic heterocycles. The number of ether oxygens (including phenoxy) is 3. The first-order chi connectivity index (χ1) is 37.6. The van der Waals surface area contributed by atoms with Crippen molar-refractivity contribution in [2.24, 2.45) is 0 Å². The van der Waals surface area contributed by atoms with E-state index < -0.39 is 67.8 Å². The Morgan fingerprint density at radius 1 is 0.262 bits per heavy atom. The molecule has 0 unspecified atom stereocenters. The van der Waals surface area contributed by atoms with E-state index in [-0.39, 0.29) is 66.7 Å². The minimum absolute atomic E-state index is 0.0486. The molecule has 468 valence electrons. The first kappa shape index (κ1) is 71.9. The van der Waals surface area contributed by atoms with Crippen LogP contribution in [-0.2, 0) is 34.0 Å². The van der Waals surface area contributed by atoms with Gasteiger partial charge in [0.15, 0.2) is 0 Å². The van der Waals surface area contributed by atoms with Gasteiger partial charge in [0.1, 0.15) is 54.3 Å². The molecule has 12 nitrogen and oxygen atoms in total. The molecule has 0 spiro atoms. The number of carbonyl (C=O) groups excluding carboxylic acids is 3. The summed E-state index contributed by atoms with van der Waals surface area (Å²) in [5.74, 6) is 1.46. The Balaban J connectivity index is 1.83. The van der Waals surface area contributed by atoms with Crippen LogP contribution in [0.25, 0.3) is 0 Å². The van der Waals surface area contributed by atoms with E-state index in [1.54, 1.807) is 0 Å². The Kier molecular flexibility index (Phi) is 21.6. The largest absolute Gasteiger partial charge is 0.543 e. The molecule has 84 heavy (non-hydrogen) atoms. The molecule has 0 N–H and O–H groups in total. The SMILES string of the molecule is CC(C)(C)[Si](C)(C)Oc1cc(COC(=O)c2cc(C(=O)OCc3cc(O[Si](C)(C)C(C)(C)C)cc(O[Si](C)(C)C(C)(C)C)c3)cc(C(=O)OCc3cc(O[Si](C)(C)C(C)(C)C)cc(O[Si](C)(C)C(C)(C)C)c3)c2)cc(O[Si](C)(C)C(C)(C)C)c1. The van der Waals surface area contributed by atoms with Crippen LogP contribution >= 0.6 is 0 Å². The molecule has 0 amide bonds. The average molecular weight is 1260 g/mol. The Labute approximate surface area is 513 Å². The van der Waals surface area contributed by atoms with Gasteiger partial charge < -0.3 is 40.8 Å². The lowest BCUT2D eigenvalue weighted by atomic mass is 10.1. The van der Waals surface area contributed by atoms with Crippen molar-refractivity contribution >= 4 is 67.8 Å². The number of benzene rings is 4. The maximum Gasteiger partial charge on any atom is 0.338 e. The summed E-state index contributed by atoms with van der Waals surface area (Å²) in [6.45, 7) is 65.0. The molecule has 0 aliphatic carbocycles. The van der Waals surface area contributed by atoms with Crippen LogP contribution in [0.5, 0.6) is 34.5 Å². The highest BCUT2D eigenvalue weighted by Gasteiger charge is 2.44. The molecular formula is C66H108O12Si6. The highest BCUT2D eigenvalue weighted by molar-refractivity contribution is 6.77. The summed E-state index contributed by atoms with van der Waals surface area (Å²) >= 11 is 0. The van der Waals surface area contributed by atoms with Gasteiger partial charge in [-0.2, -0.15) is 0 Å². The zero-order valence-electron chi connectivity index (χ0n) is 57.4. The number of carbonyl (C=O) groups is 3. The van der Waals surface area contributed by atoms with Crippen molar-refractivity contribution in [3.05, 3.63) is 106 Å². The average Bonchev–Trinajstić information content (AvgIpc) is 2.42. The molecule has 0 fully saturated rings. The second-order valence-corrected chi connectivity index (χ2v) is 60.5. The zero-order chi connectivity index (χ0) is 64.6. The van der Waals surface area contributed by atoms with Crippen molar-refractivity contribution < 1.29 is 55.2 Å². The van der Waals surface area contributed by atoms with Crippen LogP contribution < -0.4 is 26.6 Å². The predicted octanol–water partition coefficient (Wildman–Crippen LogP) is 20.1. The second kappa shape index (κ2) is 25.2. The number of hydrogen-bond acceptors (Lipinski definition) is 12. The lowest BCUT2D eigenvalue weighted by Gasteiger charge is -2.38.